The largest absolute Gasteiger partial charge is 0.507 e. The molecule has 4 aromatic rings. The molecule has 0 fully saturated rings. The highest BCUT2D eigenvalue weighted by Crippen LogP contribution is 2.45. The van der Waals surface area contributed by atoms with Crippen molar-refractivity contribution < 1.29 is 14.3 Å². The first-order valence-corrected chi connectivity index (χ1v) is 12.1. The van der Waals surface area contributed by atoms with Crippen LogP contribution in [-0.4, -0.2) is 32.9 Å². The molecule has 0 amide bonds. The van der Waals surface area contributed by atoms with Gasteiger partial charge in [-0.1, -0.05) is 72.3 Å². The number of fused-ring (bicyclic) bond motifs is 2. The lowest BCUT2D eigenvalue weighted by Crippen LogP contribution is -2.58. The van der Waals surface area contributed by atoms with Gasteiger partial charge in [0.15, 0.2) is 10.9 Å². The summed E-state index contributed by atoms with van der Waals surface area (Å²) in [6.45, 7) is 1.85. The summed E-state index contributed by atoms with van der Waals surface area (Å²) in [5.74, 6) is 0.598. The SMILES string of the molecule is Cc1ccc(O)c(C(=O)C2=CNC(=S)N3C(=N)c4c(oc(-c5ccccc5)c4-c4ccccc4)N[C@H]23)c1. The number of rotatable bonds is 4. The van der Waals surface area contributed by atoms with E-state index in [0.717, 1.165) is 22.3 Å². The van der Waals surface area contributed by atoms with E-state index in [2.05, 4.69) is 10.6 Å². The quantitative estimate of drug-likeness (QED) is 0.209. The maximum atomic E-state index is 13.6. The van der Waals surface area contributed by atoms with Crippen LogP contribution in [0.15, 0.2) is 95.1 Å². The molecule has 4 N–H and O–H groups in total. The Hall–Kier alpha value is -4.69. The van der Waals surface area contributed by atoms with Crippen LogP contribution in [0.5, 0.6) is 5.75 Å². The molecule has 8 heteroatoms. The molecule has 0 saturated carbocycles. The molecule has 0 saturated heterocycles. The summed E-state index contributed by atoms with van der Waals surface area (Å²) in [7, 11) is 0. The minimum atomic E-state index is -0.792. The van der Waals surface area contributed by atoms with Crippen LogP contribution in [0.25, 0.3) is 22.5 Å². The van der Waals surface area contributed by atoms with Crippen molar-refractivity contribution in [2.24, 2.45) is 0 Å². The molecule has 2 aliphatic rings. The highest BCUT2D eigenvalue weighted by atomic mass is 32.1. The molecule has 3 aromatic carbocycles. The number of Topliss-reactive ketones (excluding diaryl/α,β-unsaturated/α-hetero) is 1. The zero-order valence-electron chi connectivity index (χ0n) is 19.8. The van der Waals surface area contributed by atoms with Gasteiger partial charge in [0.1, 0.15) is 23.5 Å². The molecular weight excluding hydrogens is 484 g/mol. The van der Waals surface area contributed by atoms with Gasteiger partial charge in [-0.05, 0) is 36.8 Å². The number of carbonyl (C=O) groups is 1. The Morgan fingerprint density at radius 3 is 2.38 bits per heavy atom. The first-order chi connectivity index (χ1) is 17.9. The number of aryl methyl sites for hydroxylation is 1. The van der Waals surface area contributed by atoms with Gasteiger partial charge in [-0.25, -0.2) is 0 Å². The van der Waals surface area contributed by atoms with Gasteiger partial charge in [0.05, 0.1) is 16.7 Å². The second-order valence-electron chi connectivity index (χ2n) is 8.91. The minimum Gasteiger partial charge on any atom is -0.507 e. The van der Waals surface area contributed by atoms with Gasteiger partial charge in [0.2, 0.25) is 5.88 Å². The lowest BCUT2D eigenvalue weighted by Gasteiger charge is -2.41. The van der Waals surface area contributed by atoms with Gasteiger partial charge in [-0.2, -0.15) is 0 Å². The molecule has 0 radical (unpaired) electrons. The van der Waals surface area contributed by atoms with Gasteiger partial charge in [0, 0.05) is 17.3 Å². The van der Waals surface area contributed by atoms with Crippen molar-refractivity contribution in [2.45, 2.75) is 13.1 Å². The highest BCUT2D eigenvalue weighted by molar-refractivity contribution is 7.80. The third-order valence-electron chi connectivity index (χ3n) is 6.53. The standard InChI is InChI=1S/C29H22N4O3S/c1-16-12-13-21(34)19(14-16)24(35)20-15-31-29(37)33-26(30)23-22(17-8-4-2-5-9-17)25(18-10-6-3-7-11-18)36-28(23)32-27(20)33/h2-15,27,30,32,34H,1H3,(H,31,37)/t27-/m0/s1. The lowest BCUT2D eigenvalue weighted by molar-refractivity contribution is 0.102. The summed E-state index contributed by atoms with van der Waals surface area (Å²) in [5.41, 5.74) is 4.38. The summed E-state index contributed by atoms with van der Waals surface area (Å²) in [6, 6.07) is 24.3. The number of benzene rings is 3. The summed E-state index contributed by atoms with van der Waals surface area (Å²) in [4.78, 5) is 15.2. The van der Waals surface area contributed by atoms with Crippen LogP contribution in [0.2, 0.25) is 0 Å². The summed E-state index contributed by atoms with van der Waals surface area (Å²) in [5, 5.41) is 26.2. The number of phenols is 1. The summed E-state index contributed by atoms with van der Waals surface area (Å²) < 4.78 is 6.38. The zero-order chi connectivity index (χ0) is 25.7. The number of ketones is 1. The molecule has 0 spiro atoms. The normalized spacial score (nSPS) is 16.3. The molecule has 0 aliphatic carbocycles. The van der Waals surface area contributed by atoms with Gasteiger partial charge in [-0.3, -0.25) is 15.1 Å². The fraction of sp³-hybridized carbons (Fsp3) is 0.0690. The second-order valence-corrected chi connectivity index (χ2v) is 9.29. The second kappa shape index (κ2) is 8.76. The van der Waals surface area contributed by atoms with E-state index in [0.29, 0.717) is 22.8 Å². The van der Waals surface area contributed by atoms with E-state index in [4.69, 9.17) is 16.6 Å². The van der Waals surface area contributed by atoms with Crippen molar-refractivity contribution in [3.05, 3.63) is 107 Å². The monoisotopic (exact) mass is 506 g/mol. The Balaban J connectivity index is 1.51. The third-order valence-corrected chi connectivity index (χ3v) is 6.85. The number of hydrogen-bond acceptors (Lipinski definition) is 6. The van der Waals surface area contributed by atoms with Crippen LogP contribution in [0.4, 0.5) is 5.88 Å². The van der Waals surface area contributed by atoms with E-state index < -0.39 is 6.17 Å². The smallest absolute Gasteiger partial charge is 0.207 e. The Morgan fingerprint density at radius 1 is 1.00 bits per heavy atom. The zero-order valence-corrected chi connectivity index (χ0v) is 20.6. The number of nitrogens with one attached hydrogen (secondary N) is 3. The summed E-state index contributed by atoms with van der Waals surface area (Å²) >= 11 is 5.57. The number of carbonyl (C=O) groups excluding carboxylic acids is 1. The average Bonchev–Trinajstić information content (AvgIpc) is 3.31. The van der Waals surface area contributed by atoms with E-state index in [-0.39, 0.29) is 28.0 Å². The predicted octanol–water partition coefficient (Wildman–Crippen LogP) is 5.66. The van der Waals surface area contributed by atoms with Crippen molar-refractivity contribution >= 4 is 34.8 Å². The third kappa shape index (κ3) is 3.70. The molecular formula is C29H22N4O3S. The van der Waals surface area contributed by atoms with E-state index in [9.17, 15) is 15.3 Å². The Morgan fingerprint density at radius 2 is 1.68 bits per heavy atom. The van der Waals surface area contributed by atoms with E-state index >= 15 is 0 Å². The van der Waals surface area contributed by atoms with Crippen LogP contribution < -0.4 is 10.6 Å². The lowest BCUT2D eigenvalue weighted by atomic mass is 9.93. The number of furan rings is 1. The van der Waals surface area contributed by atoms with Crippen molar-refractivity contribution in [2.75, 3.05) is 5.32 Å². The van der Waals surface area contributed by atoms with Crippen molar-refractivity contribution in [1.82, 2.24) is 10.2 Å². The number of anilines is 1. The number of thiocarbonyl (C=S) groups is 1. The number of phenolic OH excluding ortho intramolecular Hbond substituents is 1. The number of amidine groups is 1. The van der Waals surface area contributed by atoms with E-state index in [1.54, 1.807) is 17.0 Å². The van der Waals surface area contributed by atoms with Crippen LogP contribution >= 0.6 is 12.2 Å². The van der Waals surface area contributed by atoms with Gasteiger partial charge >= 0.3 is 0 Å². The number of aromatic hydroxyl groups is 1. The topological polar surface area (TPSA) is 102 Å². The highest BCUT2D eigenvalue weighted by Gasteiger charge is 2.43. The van der Waals surface area contributed by atoms with Crippen molar-refractivity contribution in [3.8, 4) is 28.2 Å². The Labute approximate surface area is 218 Å². The molecule has 182 valence electrons. The number of hydrogen-bond donors (Lipinski definition) is 4. The first kappa shape index (κ1) is 22.8. The molecule has 2 aliphatic heterocycles. The molecule has 37 heavy (non-hydrogen) atoms. The molecule has 6 rings (SSSR count). The fourth-order valence-corrected chi connectivity index (χ4v) is 5.03. The van der Waals surface area contributed by atoms with Crippen molar-refractivity contribution in [3.63, 3.8) is 0 Å². The van der Waals surface area contributed by atoms with Crippen LogP contribution in [-0.2, 0) is 0 Å². The van der Waals surface area contributed by atoms with Gasteiger partial charge in [0.25, 0.3) is 0 Å². The minimum absolute atomic E-state index is 0.105. The van der Waals surface area contributed by atoms with Crippen LogP contribution in [0.1, 0.15) is 21.5 Å². The summed E-state index contributed by atoms with van der Waals surface area (Å²) in [6.07, 6.45) is 0.734. The Kier molecular flexibility index (Phi) is 5.39. The Bertz CT molecular complexity index is 1610. The fourth-order valence-electron chi connectivity index (χ4n) is 4.77. The van der Waals surface area contributed by atoms with Gasteiger partial charge < -0.3 is 20.2 Å². The molecule has 3 heterocycles. The van der Waals surface area contributed by atoms with Crippen LogP contribution in [0.3, 0.4) is 0 Å². The van der Waals surface area contributed by atoms with E-state index in [1.807, 2.05) is 67.6 Å². The molecule has 1 aromatic heterocycles. The maximum Gasteiger partial charge on any atom is 0.207 e. The van der Waals surface area contributed by atoms with Crippen LogP contribution in [0, 0.1) is 12.3 Å². The van der Waals surface area contributed by atoms with E-state index in [1.165, 1.54) is 12.3 Å². The molecule has 1 atom stereocenters. The molecule has 0 unspecified atom stereocenters. The van der Waals surface area contributed by atoms with Crippen molar-refractivity contribution in [1.29, 1.82) is 5.41 Å². The number of nitrogens with zero attached hydrogens (tertiary/aromatic N) is 1. The maximum absolute atomic E-state index is 13.6. The first-order valence-electron chi connectivity index (χ1n) is 11.7. The predicted molar refractivity (Wildman–Crippen MR) is 147 cm³/mol. The molecule has 0 bridgehead atoms. The van der Waals surface area contributed by atoms with Gasteiger partial charge in [-0.15, -0.1) is 0 Å². The average molecular weight is 507 g/mol. The molecule has 7 nitrogen and oxygen atoms in total.